The molecule has 0 fully saturated rings. The van der Waals surface area contributed by atoms with Crippen LogP contribution < -0.4 is 10.4 Å². The number of aromatic nitrogens is 1. The molecule has 1 aromatic heterocycles. The molecular formula is C10H7NO3S. The zero-order chi connectivity index (χ0) is 10.8. The molecule has 76 valence electrons. The predicted octanol–water partition coefficient (Wildman–Crippen LogP) is 0.622. The fraction of sp³-hybridized carbons (Fsp3) is 0.100. The first-order valence-corrected chi connectivity index (χ1v) is 5.12. The first kappa shape index (κ1) is 9.79. The number of nitrogens with zero attached hydrogens (tertiary/aromatic N) is 1. The van der Waals surface area contributed by atoms with Crippen LogP contribution in [-0.2, 0) is 11.3 Å². The van der Waals surface area contributed by atoms with E-state index < -0.39 is 10.4 Å². The van der Waals surface area contributed by atoms with Crippen molar-refractivity contribution >= 4 is 27.7 Å². The van der Waals surface area contributed by atoms with Crippen molar-refractivity contribution in [2.45, 2.75) is 6.54 Å². The Kier molecular flexibility index (Phi) is 2.47. The maximum Gasteiger partial charge on any atom is 0.310 e. The van der Waals surface area contributed by atoms with Crippen molar-refractivity contribution in [2.75, 3.05) is 0 Å². The predicted molar refractivity (Wildman–Crippen MR) is 58.4 cm³/mol. The monoisotopic (exact) mass is 221 g/mol. The summed E-state index contributed by atoms with van der Waals surface area (Å²) in [6, 6.07) is 6.86. The molecule has 4 nitrogen and oxygen atoms in total. The third kappa shape index (κ3) is 1.61. The van der Waals surface area contributed by atoms with Crippen LogP contribution in [0, 0.1) is 0 Å². The van der Waals surface area contributed by atoms with Crippen LogP contribution in [0.25, 0.3) is 10.1 Å². The van der Waals surface area contributed by atoms with Crippen LogP contribution in [-0.4, -0.2) is 10.9 Å². The second-order valence-electron chi connectivity index (χ2n) is 2.95. The Morgan fingerprint density at radius 2 is 2.00 bits per heavy atom. The normalized spacial score (nSPS) is 10.4. The van der Waals surface area contributed by atoms with Gasteiger partial charge in [-0.25, -0.2) is 0 Å². The molecule has 0 N–H and O–H groups in total. The van der Waals surface area contributed by atoms with Crippen LogP contribution in [0.15, 0.2) is 33.9 Å². The Balaban J connectivity index is 2.90. The van der Waals surface area contributed by atoms with Gasteiger partial charge in [0.1, 0.15) is 6.29 Å². The highest BCUT2D eigenvalue weighted by Gasteiger charge is 2.06. The van der Waals surface area contributed by atoms with Crippen molar-refractivity contribution in [2.24, 2.45) is 0 Å². The Morgan fingerprint density at radius 1 is 1.27 bits per heavy atom. The Bertz CT molecular complexity index is 626. The third-order valence-electron chi connectivity index (χ3n) is 2.04. The second-order valence-corrected chi connectivity index (χ2v) is 3.94. The molecule has 0 spiro atoms. The molecule has 0 radical (unpaired) electrons. The number of fused-ring (bicyclic) bond motifs is 1. The Labute approximate surface area is 88.4 Å². The van der Waals surface area contributed by atoms with E-state index in [2.05, 4.69) is 0 Å². The third-order valence-corrected chi connectivity index (χ3v) is 3.01. The minimum absolute atomic E-state index is 0.182. The summed E-state index contributed by atoms with van der Waals surface area (Å²) in [5, 5.41) is 0.476. The number of carbonyl (C=O) groups excluding carboxylic acids is 1. The van der Waals surface area contributed by atoms with Gasteiger partial charge in [-0.15, -0.1) is 0 Å². The molecule has 0 aliphatic heterocycles. The van der Waals surface area contributed by atoms with Gasteiger partial charge in [0.2, 0.25) is 0 Å². The van der Waals surface area contributed by atoms with E-state index in [1.165, 1.54) is 0 Å². The van der Waals surface area contributed by atoms with Crippen molar-refractivity contribution in [3.63, 3.8) is 0 Å². The molecule has 1 heterocycles. The summed E-state index contributed by atoms with van der Waals surface area (Å²) in [7, 11) is 0. The second kappa shape index (κ2) is 3.78. The molecule has 15 heavy (non-hydrogen) atoms. The van der Waals surface area contributed by atoms with Crippen molar-refractivity contribution in [3.05, 3.63) is 44.3 Å². The molecule has 5 heteroatoms. The van der Waals surface area contributed by atoms with Crippen molar-refractivity contribution < 1.29 is 4.79 Å². The molecule has 0 aliphatic carbocycles. The Hall–Kier alpha value is -1.75. The van der Waals surface area contributed by atoms with E-state index in [1.807, 2.05) is 0 Å². The Morgan fingerprint density at radius 3 is 2.73 bits per heavy atom. The zero-order valence-electron chi connectivity index (χ0n) is 7.67. The van der Waals surface area contributed by atoms with E-state index in [0.717, 1.165) is 15.9 Å². The van der Waals surface area contributed by atoms with Gasteiger partial charge in [-0.3, -0.25) is 14.2 Å². The summed E-state index contributed by atoms with van der Waals surface area (Å²) >= 11 is 0.971. The smallest absolute Gasteiger partial charge is 0.301 e. The van der Waals surface area contributed by atoms with Crippen LogP contribution in [0.4, 0.5) is 0 Å². The number of benzene rings is 1. The highest BCUT2D eigenvalue weighted by atomic mass is 32.1. The highest BCUT2D eigenvalue weighted by molar-refractivity contribution is 7.16. The molecule has 0 bridgehead atoms. The summed E-state index contributed by atoms with van der Waals surface area (Å²) in [5.41, 5.74) is -0.401. The minimum Gasteiger partial charge on any atom is -0.301 e. The fourth-order valence-electron chi connectivity index (χ4n) is 1.34. The molecule has 2 aromatic rings. The van der Waals surface area contributed by atoms with E-state index in [1.54, 1.807) is 24.3 Å². The molecule has 0 unspecified atom stereocenters. The van der Waals surface area contributed by atoms with Crippen LogP contribution in [0.1, 0.15) is 0 Å². The first-order valence-electron chi connectivity index (χ1n) is 4.30. The first-order chi connectivity index (χ1) is 7.24. The maximum atomic E-state index is 11.7. The van der Waals surface area contributed by atoms with Crippen molar-refractivity contribution in [3.8, 4) is 0 Å². The summed E-state index contributed by atoms with van der Waals surface area (Å²) in [5.74, 6) is 0. The lowest BCUT2D eigenvalue weighted by Crippen LogP contribution is -2.31. The molecule has 0 amide bonds. The zero-order valence-corrected chi connectivity index (χ0v) is 8.49. The summed E-state index contributed by atoms with van der Waals surface area (Å²) in [6.07, 6.45) is 0.546. The van der Waals surface area contributed by atoms with Gasteiger partial charge >= 0.3 is 4.87 Å². The van der Waals surface area contributed by atoms with Gasteiger partial charge < -0.3 is 4.79 Å². The van der Waals surface area contributed by atoms with Crippen LogP contribution >= 0.6 is 11.3 Å². The van der Waals surface area contributed by atoms with Gasteiger partial charge in [0, 0.05) is 4.70 Å². The van der Waals surface area contributed by atoms with Crippen molar-refractivity contribution in [1.29, 1.82) is 0 Å². The SMILES string of the molecule is O=CCn1c(=O)sc2ccccc2c1=O. The summed E-state index contributed by atoms with van der Waals surface area (Å²) in [4.78, 5) is 33.1. The topological polar surface area (TPSA) is 56.1 Å². The lowest BCUT2D eigenvalue weighted by molar-refractivity contribution is -0.108. The minimum atomic E-state index is -0.401. The highest BCUT2D eigenvalue weighted by Crippen LogP contribution is 2.10. The number of rotatable bonds is 2. The molecule has 2 rings (SSSR count). The summed E-state index contributed by atoms with van der Waals surface area (Å²) in [6.45, 7) is -0.182. The largest absolute Gasteiger partial charge is 0.310 e. The van der Waals surface area contributed by atoms with Gasteiger partial charge in [0.15, 0.2) is 0 Å². The average molecular weight is 221 g/mol. The van der Waals surface area contributed by atoms with Gasteiger partial charge in [-0.1, -0.05) is 23.5 Å². The van der Waals surface area contributed by atoms with Crippen molar-refractivity contribution in [1.82, 2.24) is 4.57 Å². The fourth-order valence-corrected chi connectivity index (χ4v) is 2.21. The van der Waals surface area contributed by atoms with Gasteiger partial charge in [-0.05, 0) is 12.1 Å². The van der Waals surface area contributed by atoms with Crippen LogP contribution in [0.3, 0.4) is 0 Å². The summed E-state index contributed by atoms with van der Waals surface area (Å²) < 4.78 is 1.59. The molecule has 0 saturated carbocycles. The van der Waals surface area contributed by atoms with E-state index >= 15 is 0 Å². The number of hydrogen-bond donors (Lipinski definition) is 0. The van der Waals surface area contributed by atoms with E-state index in [4.69, 9.17) is 0 Å². The standard InChI is InChI=1S/C10H7NO3S/c12-6-5-11-9(13)7-3-1-2-4-8(7)15-10(11)14/h1-4,6H,5H2. The van der Waals surface area contributed by atoms with Gasteiger partial charge in [0.05, 0.1) is 11.9 Å². The molecular weight excluding hydrogens is 214 g/mol. The lowest BCUT2D eigenvalue weighted by atomic mass is 10.3. The molecule has 0 aliphatic rings. The molecule has 0 atom stereocenters. The number of carbonyl (C=O) groups is 1. The molecule has 1 aromatic carbocycles. The number of aldehydes is 1. The quantitative estimate of drug-likeness (QED) is 0.698. The average Bonchev–Trinajstić information content (AvgIpc) is 2.24. The lowest BCUT2D eigenvalue weighted by Gasteiger charge is -2.00. The number of hydrogen-bond acceptors (Lipinski definition) is 4. The van der Waals surface area contributed by atoms with E-state index in [9.17, 15) is 14.4 Å². The molecule has 0 saturated heterocycles. The van der Waals surface area contributed by atoms with Gasteiger partial charge in [-0.2, -0.15) is 0 Å². The van der Waals surface area contributed by atoms with Crippen LogP contribution in [0.5, 0.6) is 0 Å². The van der Waals surface area contributed by atoms with Gasteiger partial charge in [0.25, 0.3) is 5.56 Å². The van der Waals surface area contributed by atoms with E-state index in [0.29, 0.717) is 16.4 Å². The van der Waals surface area contributed by atoms with Crippen LogP contribution in [0.2, 0.25) is 0 Å². The van der Waals surface area contributed by atoms with E-state index in [-0.39, 0.29) is 6.54 Å². The maximum absolute atomic E-state index is 11.7.